The molecule has 1 atom stereocenters. The second-order valence-corrected chi connectivity index (χ2v) is 8.43. The van der Waals surface area contributed by atoms with Gasteiger partial charge in [0.1, 0.15) is 5.82 Å². The molecule has 1 saturated heterocycles. The van der Waals surface area contributed by atoms with Crippen LogP contribution >= 0.6 is 0 Å². The van der Waals surface area contributed by atoms with Gasteiger partial charge in [-0.15, -0.1) is 0 Å². The van der Waals surface area contributed by atoms with Crippen molar-refractivity contribution in [1.82, 2.24) is 9.88 Å². The number of likely N-dealkylation sites (tertiary alicyclic amines) is 1. The van der Waals surface area contributed by atoms with Gasteiger partial charge in [-0.1, -0.05) is 30.3 Å². The van der Waals surface area contributed by atoms with E-state index in [1.807, 2.05) is 25.2 Å². The van der Waals surface area contributed by atoms with Gasteiger partial charge in [-0.3, -0.25) is 4.79 Å². The Morgan fingerprint density at radius 2 is 1.93 bits per heavy atom. The molecule has 1 aromatic heterocycles. The van der Waals surface area contributed by atoms with Gasteiger partial charge >= 0.3 is 0 Å². The van der Waals surface area contributed by atoms with E-state index in [4.69, 9.17) is 0 Å². The lowest BCUT2D eigenvalue weighted by molar-refractivity contribution is -0.903. The summed E-state index contributed by atoms with van der Waals surface area (Å²) >= 11 is 0. The van der Waals surface area contributed by atoms with E-state index in [2.05, 4.69) is 28.2 Å². The third-order valence-electron chi connectivity index (χ3n) is 6.31. The number of rotatable bonds is 7. The van der Waals surface area contributed by atoms with Crippen molar-refractivity contribution in [3.8, 4) is 0 Å². The number of carbonyl (C=O) groups is 1. The van der Waals surface area contributed by atoms with Gasteiger partial charge in [-0.05, 0) is 48.6 Å². The molecule has 1 fully saturated rings. The van der Waals surface area contributed by atoms with Crippen LogP contribution < -0.4 is 10.2 Å². The number of aryl methyl sites for hydroxylation is 1. The lowest BCUT2D eigenvalue weighted by atomic mass is 9.88. The number of benzene rings is 2. The van der Waals surface area contributed by atoms with E-state index in [0.717, 1.165) is 28.6 Å². The number of halogens is 1. The first kappa shape index (κ1) is 20.6. The highest BCUT2D eigenvalue weighted by atomic mass is 19.1. The number of nitrogens with one attached hydrogen (secondary N) is 2. The Balaban J connectivity index is 1.53. The fourth-order valence-corrected chi connectivity index (χ4v) is 4.72. The molecule has 5 heteroatoms. The number of nitrogens with zero attached hydrogens (tertiary/aromatic N) is 1. The van der Waals surface area contributed by atoms with E-state index < -0.39 is 0 Å². The molecule has 0 aliphatic carbocycles. The fraction of sp³-hybridized carbons (Fsp3) is 0.400. The summed E-state index contributed by atoms with van der Waals surface area (Å²) in [6.07, 6.45) is 6.28. The number of hydrogen-bond donors (Lipinski definition) is 2. The van der Waals surface area contributed by atoms with Gasteiger partial charge in [0, 0.05) is 36.5 Å². The first-order valence-corrected chi connectivity index (χ1v) is 11.0. The molecule has 3 aromatic rings. The van der Waals surface area contributed by atoms with Crippen molar-refractivity contribution in [3.63, 3.8) is 0 Å². The minimum atomic E-state index is -0.271. The van der Waals surface area contributed by atoms with Crippen LogP contribution in [0.3, 0.4) is 0 Å². The molecule has 158 valence electrons. The van der Waals surface area contributed by atoms with Gasteiger partial charge in [0.15, 0.2) is 0 Å². The Bertz CT molecular complexity index is 1010. The van der Waals surface area contributed by atoms with Crippen molar-refractivity contribution in [2.75, 3.05) is 26.2 Å². The summed E-state index contributed by atoms with van der Waals surface area (Å²) in [5.41, 5.74) is 3.02. The number of aromatic nitrogens is 1. The van der Waals surface area contributed by atoms with Crippen molar-refractivity contribution in [2.45, 2.75) is 31.6 Å². The molecule has 2 N–H and O–H groups in total. The lowest BCUT2D eigenvalue weighted by Crippen LogP contribution is -3.13. The van der Waals surface area contributed by atoms with Crippen LogP contribution in [0.4, 0.5) is 4.39 Å². The largest absolute Gasteiger partial charge is 0.350 e. The van der Waals surface area contributed by atoms with Gasteiger partial charge < -0.3 is 14.8 Å². The van der Waals surface area contributed by atoms with E-state index in [1.165, 1.54) is 38.4 Å². The van der Waals surface area contributed by atoms with Crippen molar-refractivity contribution in [3.05, 3.63) is 71.7 Å². The Hall–Kier alpha value is -2.66. The number of amides is 1. The maximum Gasteiger partial charge on any atom is 0.221 e. The molecule has 0 radical (unpaired) electrons. The predicted octanol–water partition coefficient (Wildman–Crippen LogP) is 3.02. The number of quaternary nitrogens is 1. The van der Waals surface area contributed by atoms with Crippen molar-refractivity contribution >= 4 is 16.8 Å². The zero-order chi connectivity index (χ0) is 20.9. The van der Waals surface area contributed by atoms with Crippen LogP contribution in [0.25, 0.3) is 10.9 Å². The molecule has 0 spiro atoms. The van der Waals surface area contributed by atoms with Gasteiger partial charge in [0.05, 0.1) is 26.2 Å². The zero-order valence-electron chi connectivity index (χ0n) is 17.7. The SMILES string of the molecule is Cn1cc([C@@H](CC(=O)NCC[NH+]2CCCCC2)c2cccc(F)c2)c2ccccc21. The summed E-state index contributed by atoms with van der Waals surface area (Å²) in [4.78, 5) is 14.4. The second-order valence-electron chi connectivity index (χ2n) is 8.43. The fourth-order valence-electron chi connectivity index (χ4n) is 4.72. The van der Waals surface area contributed by atoms with E-state index in [0.29, 0.717) is 13.0 Å². The second kappa shape index (κ2) is 9.43. The van der Waals surface area contributed by atoms with Crippen molar-refractivity contribution < 1.29 is 14.1 Å². The van der Waals surface area contributed by atoms with Crippen LogP contribution in [-0.2, 0) is 11.8 Å². The smallest absolute Gasteiger partial charge is 0.221 e. The van der Waals surface area contributed by atoms with Gasteiger partial charge in [-0.2, -0.15) is 0 Å². The average molecular weight is 409 g/mol. The van der Waals surface area contributed by atoms with E-state index >= 15 is 0 Å². The van der Waals surface area contributed by atoms with Crippen LogP contribution in [0.5, 0.6) is 0 Å². The summed E-state index contributed by atoms with van der Waals surface area (Å²) in [5.74, 6) is -0.436. The van der Waals surface area contributed by atoms with Crippen molar-refractivity contribution in [1.29, 1.82) is 0 Å². The molecule has 0 unspecified atom stereocenters. The summed E-state index contributed by atoms with van der Waals surface area (Å²) in [6.45, 7) is 4.08. The Kier molecular flexibility index (Phi) is 6.48. The van der Waals surface area contributed by atoms with Gasteiger partial charge in [0.25, 0.3) is 0 Å². The first-order valence-electron chi connectivity index (χ1n) is 11.0. The highest BCUT2D eigenvalue weighted by Gasteiger charge is 2.23. The molecule has 0 bridgehead atoms. The quantitative estimate of drug-likeness (QED) is 0.620. The molecule has 30 heavy (non-hydrogen) atoms. The summed E-state index contributed by atoms with van der Waals surface area (Å²) < 4.78 is 16.1. The molecular formula is C25H31FN3O+. The Labute approximate surface area is 177 Å². The lowest BCUT2D eigenvalue weighted by Gasteiger charge is -2.23. The zero-order valence-corrected chi connectivity index (χ0v) is 17.7. The molecule has 1 aliphatic heterocycles. The third-order valence-corrected chi connectivity index (χ3v) is 6.31. The topological polar surface area (TPSA) is 38.5 Å². The number of fused-ring (bicyclic) bond motifs is 1. The van der Waals surface area contributed by atoms with Crippen LogP contribution in [0.1, 0.15) is 42.7 Å². The predicted molar refractivity (Wildman–Crippen MR) is 118 cm³/mol. The molecule has 4 rings (SSSR count). The van der Waals surface area contributed by atoms with E-state index in [-0.39, 0.29) is 17.6 Å². The molecular weight excluding hydrogens is 377 g/mol. The summed E-state index contributed by atoms with van der Waals surface area (Å²) in [7, 11) is 2.01. The molecule has 2 heterocycles. The minimum Gasteiger partial charge on any atom is -0.350 e. The van der Waals surface area contributed by atoms with E-state index in [9.17, 15) is 9.18 Å². The molecule has 1 aliphatic rings. The van der Waals surface area contributed by atoms with Crippen LogP contribution in [0.15, 0.2) is 54.7 Å². The van der Waals surface area contributed by atoms with Gasteiger partial charge in [0.2, 0.25) is 5.91 Å². The number of piperidine rings is 1. The minimum absolute atomic E-state index is 0.0219. The van der Waals surface area contributed by atoms with Crippen LogP contribution in [0, 0.1) is 5.82 Å². The van der Waals surface area contributed by atoms with Crippen LogP contribution in [-0.4, -0.2) is 36.7 Å². The van der Waals surface area contributed by atoms with E-state index in [1.54, 1.807) is 17.0 Å². The maximum absolute atomic E-state index is 14.0. The van der Waals surface area contributed by atoms with Crippen LogP contribution in [0.2, 0.25) is 0 Å². The number of hydrogen-bond acceptors (Lipinski definition) is 1. The molecule has 4 nitrogen and oxygen atoms in total. The Morgan fingerprint density at radius 3 is 2.73 bits per heavy atom. The van der Waals surface area contributed by atoms with Gasteiger partial charge in [-0.25, -0.2) is 4.39 Å². The Morgan fingerprint density at radius 1 is 1.13 bits per heavy atom. The first-order chi connectivity index (χ1) is 14.6. The third kappa shape index (κ3) is 4.73. The van der Waals surface area contributed by atoms with Crippen molar-refractivity contribution in [2.24, 2.45) is 7.05 Å². The molecule has 1 amide bonds. The standard InChI is InChI=1S/C25H30FN3O/c1-28-18-23(21-10-3-4-11-24(21)28)22(19-8-7-9-20(26)16-19)17-25(30)27-12-15-29-13-5-2-6-14-29/h3-4,7-11,16,18,22H,2,5-6,12-15,17H2,1H3,(H,27,30)/p+1/t22-/m0/s1. The monoisotopic (exact) mass is 408 g/mol. The highest BCUT2D eigenvalue weighted by Crippen LogP contribution is 2.34. The highest BCUT2D eigenvalue weighted by molar-refractivity contribution is 5.86. The molecule has 0 saturated carbocycles. The summed E-state index contributed by atoms with van der Waals surface area (Å²) in [5, 5.41) is 4.22. The summed E-state index contributed by atoms with van der Waals surface area (Å²) in [6, 6.07) is 14.8. The molecule has 2 aromatic carbocycles. The average Bonchev–Trinajstić information content (AvgIpc) is 3.09. The number of para-hydroxylation sites is 1. The maximum atomic E-state index is 14.0. The normalized spacial score (nSPS) is 15.9. The number of carbonyl (C=O) groups excluding carboxylic acids is 1.